The number of hydrogen-bond donors (Lipinski definition) is 2. The minimum absolute atomic E-state index is 0.436. The van der Waals surface area contributed by atoms with Gasteiger partial charge in [0.1, 0.15) is 12.1 Å². The predicted molar refractivity (Wildman–Crippen MR) is 69.9 cm³/mol. The van der Waals surface area contributed by atoms with Crippen molar-refractivity contribution in [1.82, 2.24) is 9.97 Å². The van der Waals surface area contributed by atoms with E-state index in [1.807, 2.05) is 12.3 Å². The monoisotopic (exact) mass is 263 g/mol. The smallest absolute Gasteiger partial charge is 0.311 e. The number of carboxylic acid groups (broad SMARTS) is 1. The number of thiophene rings is 1. The minimum atomic E-state index is -0.720. The van der Waals surface area contributed by atoms with Gasteiger partial charge in [0.25, 0.3) is 0 Å². The maximum atomic E-state index is 11.1. The van der Waals surface area contributed by atoms with Gasteiger partial charge in [-0.1, -0.05) is 0 Å². The van der Waals surface area contributed by atoms with E-state index in [1.165, 1.54) is 6.33 Å². The van der Waals surface area contributed by atoms with Crippen molar-refractivity contribution >= 4 is 33.3 Å². The van der Waals surface area contributed by atoms with Crippen molar-refractivity contribution < 1.29 is 9.90 Å². The molecule has 0 unspecified atom stereocenters. The SMILES string of the molecule is Cc1csc2c(NCC3(C(=O)O)CC3)ncnc12. The Kier molecular flexibility index (Phi) is 2.48. The summed E-state index contributed by atoms with van der Waals surface area (Å²) in [5, 5.41) is 14.3. The summed E-state index contributed by atoms with van der Waals surface area (Å²) < 4.78 is 0.996. The Balaban J connectivity index is 1.85. The summed E-state index contributed by atoms with van der Waals surface area (Å²) in [6.45, 7) is 2.45. The number of rotatable bonds is 4. The van der Waals surface area contributed by atoms with Gasteiger partial charge in [0.05, 0.1) is 15.6 Å². The van der Waals surface area contributed by atoms with E-state index in [-0.39, 0.29) is 0 Å². The fourth-order valence-corrected chi connectivity index (χ4v) is 2.93. The molecular weight excluding hydrogens is 250 g/mol. The van der Waals surface area contributed by atoms with Crippen molar-refractivity contribution in [2.24, 2.45) is 5.41 Å². The van der Waals surface area contributed by atoms with Gasteiger partial charge in [0.15, 0.2) is 0 Å². The summed E-state index contributed by atoms with van der Waals surface area (Å²) in [5.74, 6) is 0.0216. The zero-order valence-electron chi connectivity index (χ0n) is 9.93. The number of carbonyl (C=O) groups is 1. The number of hydrogen-bond acceptors (Lipinski definition) is 5. The van der Waals surface area contributed by atoms with Crippen LogP contribution in [0.15, 0.2) is 11.7 Å². The highest BCUT2D eigenvalue weighted by atomic mass is 32.1. The Labute approximate surface area is 108 Å². The highest BCUT2D eigenvalue weighted by Gasteiger charge is 2.50. The van der Waals surface area contributed by atoms with E-state index >= 15 is 0 Å². The largest absolute Gasteiger partial charge is 0.481 e. The summed E-state index contributed by atoms with van der Waals surface area (Å²) in [5.41, 5.74) is 1.49. The Bertz CT molecular complexity index is 619. The third-order valence-corrected chi connectivity index (χ3v) is 4.53. The Hall–Kier alpha value is -1.69. The summed E-state index contributed by atoms with van der Waals surface area (Å²) in [6, 6.07) is 0. The van der Waals surface area contributed by atoms with Crippen LogP contribution in [0.4, 0.5) is 5.82 Å². The molecule has 1 fully saturated rings. The highest BCUT2D eigenvalue weighted by molar-refractivity contribution is 7.18. The average molecular weight is 263 g/mol. The number of fused-ring (bicyclic) bond motifs is 1. The molecule has 1 saturated carbocycles. The standard InChI is InChI=1S/C12H13N3O2S/c1-7-4-18-9-8(7)14-6-15-10(9)13-5-12(2-3-12)11(16)17/h4,6H,2-3,5H2,1H3,(H,16,17)(H,13,14,15). The normalized spacial score (nSPS) is 16.7. The lowest BCUT2D eigenvalue weighted by Crippen LogP contribution is -2.24. The van der Waals surface area contributed by atoms with Crippen LogP contribution >= 0.6 is 11.3 Å². The molecule has 6 heteroatoms. The maximum Gasteiger partial charge on any atom is 0.311 e. The molecule has 0 aliphatic heterocycles. The first-order valence-corrected chi connectivity index (χ1v) is 6.66. The van der Waals surface area contributed by atoms with Crippen LogP contribution in [0.1, 0.15) is 18.4 Å². The maximum absolute atomic E-state index is 11.1. The molecule has 2 N–H and O–H groups in total. The molecule has 0 amide bonds. The van der Waals surface area contributed by atoms with Crippen LogP contribution in [0, 0.1) is 12.3 Å². The second-order valence-electron chi connectivity index (χ2n) is 4.76. The molecule has 2 aromatic heterocycles. The van der Waals surface area contributed by atoms with Gasteiger partial charge in [0, 0.05) is 6.54 Å². The van der Waals surface area contributed by atoms with Gasteiger partial charge >= 0.3 is 5.97 Å². The predicted octanol–water partition coefficient (Wildman–Crippen LogP) is 2.28. The molecular formula is C12H13N3O2S. The first kappa shape index (κ1) is 11.4. The topological polar surface area (TPSA) is 75.1 Å². The van der Waals surface area contributed by atoms with Crippen molar-refractivity contribution in [1.29, 1.82) is 0 Å². The Morgan fingerprint density at radius 3 is 3.00 bits per heavy atom. The Morgan fingerprint density at radius 2 is 2.33 bits per heavy atom. The second kappa shape index (κ2) is 3.91. The molecule has 2 heterocycles. The molecule has 1 aliphatic rings. The van der Waals surface area contributed by atoms with Crippen LogP contribution in [0.2, 0.25) is 0 Å². The molecule has 18 heavy (non-hydrogen) atoms. The molecule has 0 bridgehead atoms. The number of aliphatic carboxylic acids is 1. The molecule has 94 valence electrons. The van der Waals surface area contributed by atoms with Gasteiger partial charge in [-0.05, 0) is 30.7 Å². The molecule has 0 aromatic carbocycles. The zero-order chi connectivity index (χ0) is 12.8. The van der Waals surface area contributed by atoms with Crippen molar-refractivity contribution in [3.63, 3.8) is 0 Å². The molecule has 3 rings (SSSR count). The first-order chi connectivity index (χ1) is 8.62. The number of carboxylic acids is 1. The van der Waals surface area contributed by atoms with Crippen molar-refractivity contribution in [2.75, 3.05) is 11.9 Å². The van der Waals surface area contributed by atoms with Crippen LogP contribution in [0.25, 0.3) is 10.2 Å². The van der Waals surface area contributed by atoms with Crippen LogP contribution < -0.4 is 5.32 Å². The van der Waals surface area contributed by atoms with Crippen molar-refractivity contribution in [2.45, 2.75) is 19.8 Å². The number of aromatic nitrogens is 2. The third-order valence-electron chi connectivity index (χ3n) is 3.43. The van der Waals surface area contributed by atoms with Crippen LogP contribution in [-0.2, 0) is 4.79 Å². The van der Waals surface area contributed by atoms with E-state index in [0.29, 0.717) is 6.54 Å². The second-order valence-corrected chi connectivity index (χ2v) is 5.64. The van der Waals surface area contributed by atoms with Gasteiger partial charge in [-0.15, -0.1) is 11.3 Å². The quantitative estimate of drug-likeness (QED) is 0.885. The minimum Gasteiger partial charge on any atom is -0.481 e. The lowest BCUT2D eigenvalue weighted by atomic mass is 10.1. The number of nitrogens with one attached hydrogen (secondary N) is 1. The van der Waals surface area contributed by atoms with E-state index in [9.17, 15) is 4.79 Å². The summed E-state index contributed by atoms with van der Waals surface area (Å²) in [4.78, 5) is 19.5. The van der Waals surface area contributed by atoms with E-state index in [0.717, 1.165) is 34.4 Å². The van der Waals surface area contributed by atoms with Crippen LogP contribution in [0.3, 0.4) is 0 Å². The van der Waals surface area contributed by atoms with E-state index < -0.39 is 11.4 Å². The zero-order valence-corrected chi connectivity index (χ0v) is 10.8. The lowest BCUT2D eigenvalue weighted by Gasteiger charge is -2.11. The molecule has 0 radical (unpaired) electrons. The summed E-state index contributed by atoms with van der Waals surface area (Å²) in [7, 11) is 0. The van der Waals surface area contributed by atoms with Crippen LogP contribution in [-0.4, -0.2) is 27.6 Å². The van der Waals surface area contributed by atoms with E-state index in [1.54, 1.807) is 11.3 Å². The number of nitrogens with zero attached hydrogens (tertiary/aromatic N) is 2. The summed E-state index contributed by atoms with van der Waals surface area (Å²) in [6.07, 6.45) is 3.00. The van der Waals surface area contributed by atoms with Gasteiger partial charge in [-0.25, -0.2) is 9.97 Å². The molecule has 5 nitrogen and oxygen atoms in total. The van der Waals surface area contributed by atoms with Gasteiger partial charge in [-0.3, -0.25) is 4.79 Å². The fraction of sp³-hybridized carbons (Fsp3) is 0.417. The molecule has 2 aromatic rings. The lowest BCUT2D eigenvalue weighted by molar-refractivity contribution is -0.142. The first-order valence-electron chi connectivity index (χ1n) is 5.78. The van der Waals surface area contributed by atoms with Crippen molar-refractivity contribution in [3.05, 3.63) is 17.3 Å². The van der Waals surface area contributed by atoms with Gasteiger partial charge in [-0.2, -0.15) is 0 Å². The molecule has 0 saturated heterocycles. The third kappa shape index (κ3) is 1.73. The Morgan fingerprint density at radius 1 is 1.56 bits per heavy atom. The number of anilines is 1. The van der Waals surface area contributed by atoms with E-state index in [4.69, 9.17) is 5.11 Å². The van der Waals surface area contributed by atoms with Gasteiger partial charge in [0.2, 0.25) is 0 Å². The highest BCUT2D eigenvalue weighted by Crippen LogP contribution is 2.46. The van der Waals surface area contributed by atoms with E-state index in [2.05, 4.69) is 15.3 Å². The molecule has 1 aliphatic carbocycles. The van der Waals surface area contributed by atoms with Crippen molar-refractivity contribution in [3.8, 4) is 0 Å². The fourth-order valence-electron chi connectivity index (χ4n) is 1.97. The molecule has 0 atom stereocenters. The van der Waals surface area contributed by atoms with Crippen LogP contribution in [0.5, 0.6) is 0 Å². The average Bonchev–Trinajstić information content (AvgIpc) is 3.07. The molecule has 0 spiro atoms. The van der Waals surface area contributed by atoms with Gasteiger partial charge < -0.3 is 10.4 Å². The summed E-state index contributed by atoms with van der Waals surface area (Å²) >= 11 is 1.59. The number of aryl methyl sites for hydroxylation is 1.